The molecule has 0 saturated carbocycles. The second kappa shape index (κ2) is 8.52. The van der Waals surface area contributed by atoms with E-state index in [0.29, 0.717) is 0 Å². The highest BCUT2D eigenvalue weighted by molar-refractivity contribution is 5.80. The molecule has 0 amide bonds. The molecule has 0 aromatic rings. The number of carbonyl (C=O) groups excluding carboxylic acids is 2. The van der Waals surface area contributed by atoms with Crippen LogP contribution in [0.3, 0.4) is 0 Å². The third kappa shape index (κ3) is 6.52. The molecule has 0 fully saturated rings. The van der Waals surface area contributed by atoms with Crippen LogP contribution in [-0.4, -0.2) is 37.4 Å². The number of hydrogen-bond acceptors (Lipinski definition) is 5. The molecule has 0 rings (SSSR count). The standard InChI is InChI=1S/C12H18O5/c1-5-7-15-9(3)12(14)17-10(4)11(13)16-8-6-2/h5-6,9-10H,1-2,7-8H2,3-4H3. The summed E-state index contributed by atoms with van der Waals surface area (Å²) >= 11 is 0. The smallest absolute Gasteiger partial charge is 0.347 e. The molecule has 0 spiro atoms. The van der Waals surface area contributed by atoms with E-state index in [-0.39, 0.29) is 13.2 Å². The molecule has 96 valence electrons. The zero-order valence-electron chi connectivity index (χ0n) is 10.2. The molecule has 0 heterocycles. The Bertz CT molecular complexity index is 285. The Labute approximate surface area is 101 Å². The average Bonchev–Trinajstić information content (AvgIpc) is 2.32. The second-order valence-electron chi connectivity index (χ2n) is 3.26. The van der Waals surface area contributed by atoms with Gasteiger partial charge in [-0.15, -0.1) is 6.58 Å². The van der Waals surface area contributed by atoms with Crippen LogP contribution < -0.4 is 0 Å². The van der Waals surface area contributed by atoms with E-state index in [1.54, 1.807) is 0 Å². The molecule has 2 atom stereocenters. The van der Waals surface area contributed by atoms with Crippen molar-refractivity contribution >= 4 is 11.9 Å². The van der Waals surface area contributed by atoms with Crippen molar-refractivity contribution in [3.8, 4) is 0 Å². The molecule has 0 bridgehead atoms. The molecule has 2 unspecified atom stereocenters. The highest BCUT2D eigenvalue weighted by Crippen LogP contribution is 2.01. The van der Waals surface area contributed by atoms with Gasteiger partial charge in [-0.2, -0.15) is 0 Å². The van der Waals surface area contributed by atoms with Crippen molar-refractivity contribution in [2.75, 3.05) is 13.2 Å². The molecule has 0 aliphatic carbocycles. The van der Waals surface area contributed by atoms with Gasteiger partial charge in [-0.1, -0.05) is 18.7 Å². The minimum absolute atomic E-state index is 0.0865. The summed E-state index contributed by atoms with van der Waals surface area (Å²) in [7, 11) is 0. The Balaban J connectivity index is 4.04. The van der Waals surface area contributed by atoms with Crippen LogP contribution in [0.4, 0.5) is 0 Å². The summed E-state index contributed by atoms with van der Waals surface area (Å²) in [6, 6.07) is 0. The summed E-state index contributed by atoms with van der Waals surface area (Å²) in [5.74, 6) is -1.23. The number of hydrogen-bond donors (Lipinski definition) is 0. The van der Waals surface area contributed by atoms with Gasteiger partial charge in [0.25, 0.3) is 0 Å². The van der Waals surface area contributed by atoms with Gasteiger partial charge in [0.1, 0.15) is 6.61 Å². The predicted molar refractivity (Wildman–Crippen MR) is 62.3 cm³/mol. The average molecular weight is 242 g/mol. The summed E-state index contributed by atoms with van der Waals surface area (Å²) in [5, 5.41) is 0. The van der Waals surface area contributed by atoms with Crippen LogP contribution in [0.5, 0.6) is 0 Å². The van der Waals surface area contributed by atoms with Crippen molar-refractivity contribution in [3.05, 3.63) is 25.3 Å². The van der Waals surface area contributed by atoms with Crippen LogP contribution in [0.25, 0.3) is 0 Å². The van der Waals surface area contributed by atoms with Crippen molar-refractivity contribution < 1.29 is 23.8 Å². The largest absolute Gasteiger partial charge is 0.459 e. The minimum atomic E-state index is -0.961. The zero-order chi connectivity index (χ0) is 13.3. The first-order valence-electron chi connectivity index (χ1n) is 5.23. The fourth-order valence-corrected chi connectivity index (χ4v) is 0.857. The maximum absolute atomic E-state index is 11.4. The number of ether oxygens (including phenoxy) is 3. The van der Waals surface area contributed by atoms with Gasteiger partial charge in [0.05, 0.1) is 6.61 Å². The molecule has 0 aliphatic heterocycles. The van der Waals surface area contributed by atoms with E-state index in [1.807, 2.05) is 0 Å². The lowest BCUT2D eigenvalue weighted by Gasteiger charge is -2.15. The minimum Gasteiger partial charge on any atom is -0.459 e. The van der Waals surface area contributed by atoms with E-state index in [4.69, 9.17) is 14.2 Å². The SMILES string of the molecule is C=CCOC(=O)C(C)OC(=O)C(C)OCC=C. The highest BCUT2D eigenvalue weighted by atomic mass is 16.6. The molecule has 0 saturated heterocycles. The van der Waals surface area contributed by atoms with E-state index in [2.05, 4.69) is 13.2 Å². The van der Waals surface area contributed by atoms with E-state index in [1.165, 1.54) is 26.0 Å². The Kier molecular flexibility index (Phi) is 7.71. The van der Waals surface area contributed by atoms with Crippen LogP contribution in [0, 0.1) is 0 Å². The van der Waals surface area contributed by atoms with Gasteiger partial charge in [0, 0.05) is 0 Å². The molecular formula is C12H18O5. The fourth-order valence-electron chi connectivity index (χ4n) is 0.857. The molecule has 0 aromatic heterocycles. The van der Waals surface area contributed by atoms with E-state index >= 15 is 0 Å². The van der Waals surface area contributed by atoms with E-state index in [9.17, 15) is 9.59 Å². The van der Waals surface area contributed by atoms with Crippen LogP contribution >= 0.6 is 0 Å². The van der Waals surface area contributed by atoms with Gasteiger partial charge >= 0.3 is 11.9 Å². The third-order valence-corrected chi connectivity index (χ3v) is 1.76. The molecule has 0 radical (unpaired) electrons. The summed E-state index contributed by atoms with van der Waals surface area (Å²) in [5.41, 5.74) is 0. The maximum Gasteiger partial charge on any atom is 0.347 e. The normalized spacial score (nSPS) is 13.3. The molecular weight excluding hydrogens is 224 g/mol. The van der Waals surface area contributed by atoms with Crippen molar-refractivity contribution in [2.45, 2.75) is 26.1 Å². The highest BCUT2D eigenvalue weighted by Gasteiger charge is 2.22. The van der Waals surface area contributed by atoms with Crippen LogP contribution in [-0.2, 0) is 23.8 Å². The lowest BCUT2D eigenvalue weighted by molar-refractivity contribution is -0.172. The summed E-state index contributed by atoms with van der Waals surface area (Å²) < 4.78 is 14.6. The lowest BCUT2D eigenvalue weighted by atomic mass is 10.3. The van der Waals surface area contributed by atoms with Gasteiger partial charge < -0.3 is 14.2 Å². The van der Waals surface area contributed by atoms with Gasteiger partial charge in [0.15, 0.2) is 12.2 Å². The monoisotopic (exact) mass is 242 g/mol. The fraction of sp³-hybridized carbons (Fsp3) is 0.500. The summed E-state index contributed by atoms with van der Waals surface area (Å²) in [6.07, 6.45) is 1.24. The first-order valence-corrected chi connectivity index (χ1v) is 5.23. The zero-order valence-corrected chi connectivity index (χ0v) is 10.2. The summed E-state index contributed by atoms with van der Waals surface area (Å²) in [4.78, 5) is 22.7. The van der Waals surface area contributed by atoms with Crippen molar-refractivity contribution in [3.63, 3.8) is 0 Å². The van der Waals surface area contributed by atoms with E-state index in [0.717, 1.165) is 0 Å². The Morgan fingerprint density at radius 1 is 1.06 bits per heavy atom. The molecule has 0 aliphatic rings. The molecule has 0 aromatic carbocycles. The Morgan fingerprint density at radius 3 is 2.18 bits per heavy atom. The first kappa shape index (κ1) is 15.4. The molecule has 0 N–H and O–H groups in total. The van der Waals surface area contributed by atoms with Crippen LogP contribution in [0.2, 0.25) is 0 Å². The quantitative estimate of drug-likeness (QED) is 0.473. The van der Waals surface area contributed by atoms with Gasteiger partial charge in [-0.05, 0) is 13.8 Å². The first-order chi connectivity index (χ1) is 8.02. The van der Waals surface area contributed by atoms with Gasteiger partial charge in [-0.25, -0.2) is 9.59 Å². The number of rotatable bonds is 8. The van der Waals surface area contributed by atoms with Crippen molar-refractivity contribution in [2.24, 2.45) is 0 Å². The van der Waals surface area contributed by atoms with Gasteiger partial charge in [-0.3, -0.25) is 0 Å². The Morgan fingerprint density at radius 2 is 1.65 bits per heavy atom. The molecule has 17 heavy (non-hydrogen) atoms. The van der Waals surface area contributed by atoms with E-state index < -0.39 is 24.1 Å². The van der Waals surface area contributed by atoms with Gasteiger partial charge in [0.2, 0.25) is 0 Å². The second-order valence-corrected chi connectivity index (χ2v) is 3.26. The lowest BCUT2D eigenvalue weighted by Crippen LogP contribution is -2.32. The van der Waals surface area contributed by atoms with Crippen molar-refractivity contribution in [1.82, 2.24) is 0 Å². The topological polar surface area (TPSA) is 61.8 Å². The molecule has 5 heteroatoms. The maximum atomic E-state index is 11.4. The van der Waals surface area contributed by atoms with Crippen LogP contribution in [0.1, 0.15) is 13.8 Å². The Hall–Kier alpha value is -1.62. The third-order valence-electron chi connectivity index (χ3n) is 1.76. The number of esters is 2. The molecule has 5 nitrogen and oxygen atoms in total. The van der Waals surface area contributed by atoms with Crippen molar-refractivity contribution in [1.29, 1.82) is 0 Å². The summed E-state index contributed by atoms with van der Waals surface area (Å²) in [6.45, 7) is 10.2. The predicted octanol–water partition coefficient (Wildman–Crippen LogP) is 1.24. The van der Waals surface area contributed by atoms with Crippen LogP contribution in [0.15, 0.2) is 25.3 Å². The number of carbonyl (C=O) groups is 2.